The number of benzene rings is 1. The van der Waals surface area contributed by atoms with E-state index in [2.05, 4.69) is 34.7 Å². The van der Waals surface area contributed by atoms with Crippen molar-refractivity contribution in [3.05, 3.63) is 35.9 Å². The van der Waals surface area contributed by atoms with E-state index in [9.17, 15) is 4.79 Å². The number of nitrogens with one attached hydrogen (secondary N) is 2. The Hall–Kier alpha value is -1.39. The van der Waals surface area contributed by atoms with Gasteiger partial charge >= 0.3 is 0 Å². The van der Waals surface area contributed by atoms with Crippen molar-refractivity contribution in [2.45, 2.75) is 13.5 Å². The molecule has 1 rings (SSSR count). The van der Waals surface area contributed by atoms with Crippen molar-refractivity contribution in [1.82, 2.24) is 15.5 Å². The number of likely N-dealkylation sites (N-methyl/N-ethyl adjacent to an activating group) is 1. The van der Waals surface area contributed by atoms with Crippen LogP contribution in [0, 0.1) is 5.92 Å². The number of carbonyl (C=O) groups is 1. The predicted molar refractivity (Wildman–Crippen MR) is 120 cm³/mol. The quantitative estimate of drug-likeness (QED) is 0.213. The van der Waals surface area contributed by atoms with Crippen molar-refractivity contribution in [2.24, 2.45) is 10.9 Å². The summed E-state index contributed by atoms with van der Waals surface area (Å²) in [6.07, 6.45) is 0. The van der Waals surface area contributed by atoms with Crippen LogP contribution in [0.1, 0.15) is 12.5 Å². The number of hydrogen-bond acceptors (Lipinski definition) is 4. The minimum Gasteiger partial charge on any atom is -0.383 e. The van der Waals surface area contributed by atoms with Gasteiger partial charge in [-0.05, 0) is 11.5 Å². The molecule has 0 aliphatic heterocycles. The molecule has 0 aliphatic rings. The highest BCUT2D eigenvalue weighted by atomic mass is 127. The van der Waals surface area contributed by atoms with Crippen LogP contribution in [-0.2, 0) is 20.9 Å². The first-order chi connectivity index (χ1) is 12.5. The lowest BCUT2D eigenvalue weighted by Crippen LogP contribution is -2.42. The molecule has 27 heavy (non-hydrogen) atoms. The van der Waals surface area contributed by atoms with Gasteiger partial charge < -0.3 is 25.0 Å². The lowest BCUT2D eigenvalue weighted by molar-refractivity contribution is -0.127. The minimum absolute atomic E-state index is 0. The van der Waals surface area contributed by atoms with Gasteiger partial charge in [0.15, 0.2) is 5.96 Å². The number of carbonyl (C=O) groups excluding carboxylic acids is 1. The molecule has 0 spiro atoms. The fraction of sp³-hybridized carbons (Fsp3) is 0.579. The first-order valence-corrected chi connectivity index (χ1v) is 8.86. The number of ether oxygens (including phenoxy) is 2. The van der Waals surface area contributed by atoms with Gasteiger partial charge in [-0.3, -0.25) is 4.79 Å². The number of guanidine groups is 1. The van der Waals surface area contributed by atoms with Gasteiger partial charge in [-0.25, -0.2) is 4.99 Å². The van der Waals surface area contributed by atoms with Crippen LogP contribution in [0.5, 0.6) is 0 Å². The smallest absolute Gasteiger partial charge is 0.243 e. The maximum atomic E-state index is 11.7. The Balaban J connectivity index is 0.00000676. The summed E-state index contributed by atoms with van der Waals surface area (Å²) >= 11 is 0. The summed E-state index contributed by atoms with van der Waals surface area (Å²) in [5.74, 6) is 0.863. The molecule has 154 valence electrons. The van der Waals surface area contributed by atoms with Crippen LogP contribution in [0.2, 0.25) is 0 Å². The van der Waals surface area contributed by atoms with Gasteiger partial charge in [0.2, 0.25) is 5.91 Å². The largest absolute Gasteiger partial charge is 0.383 e. The Kier molecular flexibility index (Phi) is 14.8. The number of rotatable bonds is 11. The summed E-state index contributed by atoms with van der Waals surface area (Å²) < 4.78 is 10.8. The van der Waals surface area contributed by atoms with Gasteiger partial charge in [-0.15, -0.1) is 24.0 Å². The van der Waals surface area contributed by atoms with Crippen LogP contribution in [-0.4, -0.2) is 70.8 Å². The van der Waals surface area contributed by atoms with Crippen LogP contribution in [0.3, 0.4) is 0 Å². The molecule has 0 aromatic heterocycles. The second-order valence-corrected chi connectivity index (χ2v) is 6.36. The van der Waals surface area contributed by atoms with E-state index in [1.807, 2.05) is 18.2 Å². The molecule has 1 atom stereocenters. The minimum atomic E-state index is -0.0444. The number of methoxy groups -OCH3 is 1. The maximum Gasteiger partial charge on any atom is 0.243 e. The molecule has 2 N–H and O–H groups in total. The molecule has 1 aromatic carbocycles. The van der Waals surface area contributed by atoms with E-state index in [1.165, 1.54) is 10.5 Å². The molecule has 0 saturated carbocycles. The van der Waals surface area contributed by atoms with Crippen molar-refractivity contribution < 1.29 is 14.3 Å². The monoisotopic (exact) mass is 492 g/mol. The molecule has 1 amide bonds. The molecule has 0 saturated heterocycles. The first kappa shape index (κ1) is 25.6. The average Bonchev–Trinajstić information content (AvgIpc) is 2.64. The van der Waals surface area contributed by atoms with E-state index >= 15 is 0 Å². The topological polar surface area (TPSA) is 75.2 Å². The number of halogens is 1. The molecular weight excluding hydrogens is 459 g/mol. The van der Waals surface area contributed by atoms with Gasteiger partial charge in [0.25, 0.3) is 0 Å². The summed E-state index contributed by atoms with van der Waals surface area (Å²) in [6, 6.07) is 10.1. The first-order valence-electron chi connectivity index (χ1n) is 8.86. The Labute approximate surface area is 179 Å². The third kappa shape index (κ3) is 12.6. The average molecular weight is 492 g/mol. The third-order valence-electron chi connectivity index (χ3n) is 3.60. The molecule has 0 bridgehead atoms. The molecule has 0 heterocycles. The van der Waals surface area contributed by atoms with Crippen LogP contribution in [0.25, 0.3) is 0 Å². The third-order valence-corrected chi connectivity index (χ3v) is 3.60. The Morgan fingerprint density at radius 2 is 1.93 bits per heavy atom. The molecule has 8 heteroatoms. The fourth-order valence-electron chi connectivity index (χ4n) is 2.02. The van der Waals surface area contributed by atoms with E-state index in [0.717, 1.165) is 0 Å². The van der Waals surface area contributed by atoms with E-state index in [1.54, 1.807) is 21.2 Å². The molecular formula is C19H33IN4O3. The van der Waals surface area contributed by atoms with Crippen LogP contribution >= 0.6 is 24.0 Å². The standard InChI is InChI=1S/C19H32N4O3.HI/c1-16(14-26-15-17-8-6-5-7-9-17)12-21-19(20-10-11-25-4)22-13-18(24)23(2)3;/h5-9,16H,10-15H2,1-4H3,(H2,20,21,22);1H. The summed E-state index contributed by atoms with van der Waals surface area (Å²) in [5, 5.41) is 6.41. The van der Waals surface area contributed by atoms with Gasteiger partial charge in [0, 0.05) is 34.3 Å². The van der Waals surface area contributed by atoms with Crippen molar-refractivity contribution in [2.75, 3.05) is 54.1 Å². The summed E-state index contributed by atoms with van der Waals surface area (Å²) in [7, 11) is 5.08. The number of amides is 1. The predicted octanol–water partition coefficient (Wildman–Crippen LogP) is 1.73. The van der Waals surface area contributed by atoms with Gasteiger partial charge in [-0.2, -0.15) is 0 Å². The summed E-state index contributed by atoms with van der Waals surface area (Å²) in [4.78, 5) is 17.6. The number of nitrogens with zero attached hydrogens (tertiary/aromatic N) is 2. The number of aliphatic imine (C=N–C) groups is 1. The normalized spacial score (nSPS) is 12.1. The van der Waals surface area contributed by atoms with Crippen LogP contribution in [0.15, 0.2) is 35.3 Å². The SMILES string of the molecule is COCCNC(=NCC(=O)N(C)C)NCC(C)COCc1ccccc1.I. The van der Waals surface area contributed by atoms with Gasteiger partial charge in [0.1, 0.15) is 6.54 Å². The van der Waals surface area contributed by atoms with Crippen molar-refractivity contribution in [1.29, 1.82) is 0 Å². The second kappa shape index (κ2) is 15.6. The van der Waals surface area contributed by atoms with Crippen molar-refractivity contribution >= 4 is 35.8 Å². The van der Waals surface area contributed by atoms with Crippen molar-refractivity contribution in [3.63, 3.8) is 0 Å². The molecule has 0 aliphatic carbocycles. The van der Waals surface area contributed by atoms with Crippen molar-refractivity contribution in [3.8, 4) is 0 Å². The molecule has 0 fully saturated rings. The fourth-order valence-corrected chi connectivity index (χ4v) is 2.02. The molecule has 7 nitrogen and oxygen atoms in total. The zero-order valence-corrected chi connectivity index (χ0v) is 19.1. The zero-order valence-electron chi connectivity index (χ0n) is 16.7. The lowest BCUT2D eigenvalue weighted by Gasteiger charge is -2.17. The maximum absolute atomic E-state index is 11.7. The highest BCUT2D eigenvalue weighted by molar-refractivity contribution is 14.0. The van der Waals surface area contributed by atoms with E-state index < -0.39 is 0 Å². The highest BCUT2D eigenvalue weighted by Gasteiger charge is 2.07. The Morgan fingerprint density at radius 3 is 2.56 bits per heavy atom. The molecule has 1 unspecified atom stereocenters. The van der Waals surface area contributed by atoms with E-state index in [4.69, 9.17) is 9.47 Å². The Bertz CT molecular complexity index is 541. The Morgan fingerprint density at radius 1 is 1.22 bits per heavy atom. The van der Waals surface area contributed by atoms with Crippen LogP contribution < -0.4 is 10.6 Å². The molecule has 0 radical (unpaired) electrons. The highest BCUT2D eigenvalue weighted by Crippen LogP contribution is 2.02. The number of hydrogen-bond donors (Lipinski definition) is 2. The second-order valence-electron chi connectivity index (χ2n) is 6.36. The lowest BCUT2D eigenvalue weighted by atomic mass is 10.2. The van der Waals surface area contributed by atoms with Gasteiger partial charge in [0.05, 0.1) is 19.8 Å². The summed E-state index contributed by atoms with van der Waals surface area (Å²) in [5.41, 5.74) is 1.17. The summed E-state index contributed by atoms with van der Waals surface area (Å²) in [6.45, 7) is 5.35. The molecule has 1 aromatic rings. The van der Waals surface area contributed by atoms with E-state index in [-0.39, 0.29) is 36.4 Å². The van der Waals surface area contributed by atoms with E-state index in [0.29, 0.717) is 44.8 Å². The van der Waals surface area contributed by atoms with Crippen LogP contribution in [0.4, 0.5) is 0 Å². The van der Waals surface area contributed by atoms with Gasteiger partial charge in [-0.1, -0.05) is 37.3 Å². The zero-order chi connectivity index (χ0) is 19.2.